The summed E-state index contributed by atoms with van der Waals surface area (Å²) >= 11 is 0. The first-order valence-corrected chi connectivity index (χ1v) is 5.97. The summed E-state index contributed by atoms with van der Waals surface area (Å²) in [5.74, 6) is 0.628. The molecule has 5 nitrogen and oxygen atoms in total. The molecule has 1 aromatic carbocycles. The van der Waals surface area contributed by atoms with Gasteiger partial charge in [-0.3, -0.25) is 10.1 Å². The second-order valence-electron chi connectivity index (χ2n) is 4.56. The van der Waals surface area contributed by atoms with Crippen molar-refractivity contribution in [2.45, 2.75) is 26.7 Å². The van der Waals surface area contributed by atoms with Crippen molar-refractivity contribution in [1.29, 1.82) is 5.26 Å². The van der Waals surface area contributed by atoms with E-state index in [-0.39, 0.29) is 5.69 Å². The molecule has 1 rings (SSSR count). The van der Waals surface area contributed by atoms with E-state index in [0.717, 1.165) is 12.8 Å². The first-order valence-electron chi connectivity index (χ1n) is 5.97. The smallest absolute Gasteiger partial charge is 0.293 e. The summed E-state index contributed by atoms with van der Waals surface area (Å²) < 4.78 is 0. The zero-order valence-electron chi connectivity index (χ0n) is 10.6. The van der Waals surface area contributed by atoms with Gasteiger partial charge in [0.1, 0.15) is 5.69 Å². The Kier molecular flexibility index (Phi) is 5.12. The van der Waals surface area contributed by atoms with E-state index in [2.05, 4.69) is 19.2 Å². The molecule has 0 heterocycles. The normalized spacial score (nSPS) is 10.1. The average Bonchev–Trinajstić information content (AvgIpc) is 2.34. The van der Waals surface area contributed by atoms with E-state index < -0.39 is 4.92 Å². The lowest BCUT2D eigenvalue weighted by atomic mass is 10.1. The number of nitriles is 1. The van der Waals surface area contributed by atoms with Crippen LogP contribution in [-0.4, -0.2) is 11.5 Å². The van der Waals surface area contributed by atoms with Crippen molar-refractivity contribution in [2.24, 2.45) is 5.92 Å². The summed E-state index contributed by atoms with van der Waals surface area (Å²) in [5.41, 5.74) is 0.732. The van der Waals surface area contributed by atoms with Crippen LogP contribution in [-0.2, 0) is 0 Å². The number of nitro benzene ring substituents is 1. The number of nitrogens with one attached hydrogen (secondary N) is 1. The van der Waals surface area contributed by atoms with Gasteiger partial charge in [0.15, 0.2) is 0 Å². The minimum atomic E-state index is -0.467. The number of nitro groups is 1. The minimum absolute atomic E-state index is 0.0430. The average molecular weight is 247 g/mol. The van der Waals surface area contributed by atoms with Gasteiger partial charge in [0.2, 0.25) is 0 Å². The molecule has 0 saturated heterocycles. The Morgan fingerprint density at radius 2 is 2.22 bits per heavy atom. The van der Waals surface area contributed by atoms with Gasteiger partial charge in [-0.2, -0.15) is 5.26 Å². The molecule has 0 radical (unpaired) electrons. The lowest BCUT2D eigenvalue weighted by Crippen LogP contribution is -2.05. The first-order chi connectivity index (χ1) is 8.54. The van der Waals surface area contributed by atoms with E-state index in [9.17, 15) is 10.1 Å². The van der Waals surface area contributed by atoms with Crippen molar-refractivity contribution in [3.05, 3.63) is 33.9 Å². The third kappa shape index (κ3) is 4.06. The standard InChI is InChI=1S/C13H17N3O2/c1-10(2)4-3-7-15-12-6-5-11(9-14)8-13(12)16(17)18/h5-6,8,10,15H,3-4,7H2,1-2H3. The minimum Gasteiger partial charge on any atom is -0.379 e. The molecule has 0 unspecified atom stereocenters. The molecular weight excluding hydrogens is 230 g/mol. The van der Waals surface area contributed by atoms with Crippen LogP contribution in [0.3, 0.4) is 0 Å². The molecule has 0 fully saturated rings. The molecular formula is C13H17N3O2. The van der Waals surface area contributed by atoms with Crippen LogP contribution in [0, 0.1) is 27.4 Å². The molecule has 96 valence electrons. The van der Waals surface area contributed by atoms with Crippen LogP contribution in [0.5, 0.6) is 0 Å². The van der Waals surface area contributed by atoms with Crippen LogP contribution in [0.15, 0.2) is 18.2 Å². The predicted octanol–water partition coefficient (Wildman–Crippen LogP) is 3.31. The quantitative estimate of drug-likeness (QED) is 0.475. The van der Waals surface area contributed by atoms with E-state index in [1.165, 1.54) is 6.07 Å². The number of rotatable bonds is 6. The Hall–Kier alpha value is -2.09. The summed E-state index contributed by atoms with van der Waals surface area (Å²) in [7, 11) is 0. The zero-order chi connectivity index (χ0) is 13.5. The van der Waals surface area contributed by atoms with Crippen molar-refractivity contribution in [3.8, 4) is 6.07 Å². The molecule has 0 saturated carbocycles. The van der Waals surface area contributed by atoms with Crippen LogP contribution in [0.25, 0.3) is 0 Å². The summed E-state index contributed by atoms with van der Waals surface area (Å²) in [4.78, 5) is 10.4. The third-order valence-electron chi connectivity index (χ3n) is 2.60. The summed E-state index contributed by atoms with van der Waals surface area (Å²) in [6.07, 6.45) is 2.05. The number of hydrogen-bond donors (Lipinski definition) is 1. The summed E-state index contributed by atoms with van der Waals surface area (Å²) in [5, 5.41) is 22.7. The van der Waals surface area contributed by atoms with Crippen molar-refractivity contribution >= 4 is 11.4 Å². The van der Waals surface area contributed by atoms with E-state index in [4.69, 9.17) is 5.26 Å². The molecule has 0 spiro atoms. The molecule has 0 aliphatic rings. The van der Waals surface area contributed by atoms with Gasteiger partial charge in [-0.05, 0) is 30.9 Å². The molecule has 1 aromatic rings. The van der Waals surface area contributed by atoms with Gasteiger partial charge in [0.25, 0.3) is 5.69 Å². The largest absolute Gasteiger partial charge is 0.379 e. The number of hydrogen-bond acceptors (Lipinski definition) is 4. The van der Waals surface area contributed by atoms with Gasteiger partial charge in [-0.25, -0.2) is 0 Å². The van der Waals surface area contributed by atoms with Crippen LogP contribution in [0.2, 0.25) is 0 Å². The molecule has 0 aromatic heterocycles. The maximum absolute atomic E-state index is 10.9. The fourth-order valence-electron chi connectivity index (χ4n) is 1.64. The highest BCUT2D eigenvalue weighted by Gasteiger charge is 2.14. The second-order valence-corrected chi connectivity index (χ2v) is 4.56. The Balaban J connectivity index is 2.70. The Bertz CT molecular complexity index is 464. The van der Waals surface area contributed by atoms with Crippen molar-refractivity contribution in [3.63, 3.8) is 0 Å². The van der Waals surface area contributed by atoms with Crippen LogP contribution in [0.4, 0.5) is 11.4 Å². The molecule has 1 N–H and O–H groups in total. The molecule has 18 heavy (non-hydrogen) atoms. The van der Waals surface area contributed by atoms with E-state index in [1.54, 1.807) is 12.1 Å². The maximum atomic E-state index is 10.9. The molecule has 5 heteroatoms. The van der Waals surface area contributed by atoms with Gasteiger partial charge < -0.3 is 5.32 Å². The SMILES string of the molecule is CC(C)CCCNc1ccc(C#N)cc1[N+](=O)[O-]. The van der Waals surface area contributed by atoms with Gasteiger partial charge in [0.05, 0.1) is 16.6 Å². The number of nitrogens with zero attached hydrogens (tertiary/aromatic N) is 2. The summed E-state index contributed by atoms with van der Waals surface area (Å²) in [6.45, 7) is 4.99. The third-order valence-corrected chi connectivity index (χ3v) is 2.60. The van der Waals surface area contributed by atoms with Gasteiger partial charge >= 0.3 is 0 Å². The number of benzene rings is 1. The van der Waals surface area contributed by atoms with Crippen molar-refractivity contribution in [1.82, 2.24) is 0 Å². The van der Waals surface area contributed by atoms with Gasteiger partial charge in [-0.1, -0.05) is 13.8 Å². The molecule has 0 amide bonds. The van der Waals surface area contributed by atoms with E-state index in [1.807, 2.05) is 6.07 Å². The highest BCUT2D eigenvalue weighted by atomic mass is 16.6. The Morgan fingerprint density at radius 3 is 2.78 bits per heavy atom. The van der Waals surface area contributed by atoms with Crippen molar-refractivity contribution < 1.29 is 4.92 Å². The predicted molar refractivity (Wildman–Crippen MR) is 70.4 cm³/mol. The molecule has 0 aliphatic carbocycles. The van der Waals surface area contributed by atoms with Crippen molar-refractivity contribution in [2.75, 3.05) is 11.9 Å². The molecule has 0 aliphatic heterocycles. The highest BCUT2D eigenvalue weighted by molar-refractivity contribution is 5.63. The fourth-order valence-corrected chi connectivity index (χ4v) is 1.64. The summed E-state index contributed by atoms with van der Waals surface area (Å²) in [6, 6.07) is 6.37. The molecule has 0 atom stereocenters. The lowest BCUT2D eigenvalue weighted by molar-refractivity contribution is -0.384. The second kappa shape index (κ2) is 6.60. The van der Waals surface area contributed by atoms with E-state index in [0.29, 0.717) is 23.7 Å². The Labute approximate surface area is 107 Å². The van der Waals surface area contributed by atoms with Crippen LogP contribution < -0.4 is 5.32 Å². The lowest BCUT2D eigenvalue weighted by Gasteiger charge is -2.08. The van der Waals surface area contributed by atoms with Crippen LogP contribution in [0.1, 0.15) is 32.3 Å². The molecule has 0 bridgehead atoms. The van der Waals surface area contributed by atoms with E-state index >= 15 is 0 Å². The maximum Gasteiger partial charge on any atom is 0.293 e. The zero-order valence-corrected chi connectivity index (χ0v) is 10.6. The topological polar surface area (TPSA) is 79.0 Å². The Morgan fingerprint density at radius 1 is 1.50 bits per heavy atom. The number of anilines is 1. The van der Waals surface area contributed by atoms with Gasteiger partial charge in [0, 0.05) is 12.6 Å². The van der Waals surface area contributed by atoms with Crippen LogP contribution >= 0.6 is 0 Å². The first kappa shape index (κ1) is 14.0. The van der Waals surface area contributed by atoms with Gasteiger partial charge in [-0.15, -0.1) is 0 Å². The monoisotopic (exact) mass is 247 g/mol. The highest BCUT2D eigenvalue weighted by Crippen LogP contribution is 2.25. The fraction of sp³-hybridized carbons (Fsp3) is 0.462.